The molecule has 1 aromatic rings. The zero-order valence-electron chi connectivity index (χ0n) is 11.0. The molecule has 0 aliphatic rings. The highest BCUT2D eigenvalue weighted by Gasteiger charge is 2.30. The van der Waals surface area contributed by atoms with Crippen molar-refractivity contribution >= 4 is 12.0 Å². The largest absolute Gasteiger partial charge is 0.416 e. The van der Waals surface area contributed by atoms with Crippen molar-refractivity contribution < 1.29 is 18.0 Å². The first kappa shape index (κ1) is 15.8. The first-order valence-corrected chi connectivity index (χ1v) is 5.84. The van der Waals surface area contributed by atoms with E-state index in [1.54, 1.807) is 19.9 Å². The van der Waals surface area contributed by atoms with Gasteiger partial charge in [0, 0.05) is 6.04 Å². The van der Waals surface area contributed by atoms with Crippen molar-refractivity contribution in [1.82, 2.24) is 5.32 Å². The van der Waals surface area contributed by atoms with Crippen molar-refractivity contribution in [3.05, 3.63) is 41.0 Å². The number of nitrogens with zero attached hydrogens (tertiary/aromatic N) is 1. The van der Waals surface area contributed by atoms with E-state index in [2.05, 4.69) is 5.32 Å². The second-order valence-electron chi connectivity index (χ2n) is 4.42. The monoisotopic (exact) mass is 282 g/mol. The quantitative estimate of drug-likeness (QED) is 0.684. The summed E-state index contributed by atoms with van der Waals surface area (Å²) in [7, 11) is 0. The van der Waals surface area contributed by atoms with Crippen LogP contribution >= 0.6 is 0 Å². The number of carbonyl (C=O) groups is 1. The van der Waals surface area contributed by atoms with Crippen molar-refractivity contribution in [3.8, 4) is 6.07 Å². The molecule has 0 unspecified atom stereocenters. The van der Waals surface area contributed by atoms with E-state index in [-0.39, 0.29) is 17.2 Å². The Hall–Kier alpha value is -2.29. The lowest BCUT2D eigenvalue weighted by Gasteiger charge is -2.08. The average molecular weight is 282 g/mol. The van der Waals surface area contributed by atoms with E-state index in [0.717, 1.165) is 18.2 Å². The smallest absolute Gasteiger partial charge is 0.349 e. The fraction of sp³-hybridized carbons (Fsp3) is 0.286. The Morgan fingerprint density at radius 1 is 1.40 bits per heavy atom. The Kier molecular flexibility index (Phi) is 4.92. The minimum absolute atomic E-state index is 0.148. The van der Waals surface area contributed by atoms with Crippen molar-refractivity contribution in [2.75, 3.05) is 0 Å². The standard InChI is InChI=1S/C14H13F3N2O/c1-9(2)19-13(20)11(8-18)6-10-4-3-5-12(7-10)14(15,16)17/h3-7,9H,1-2H3,(H,19,20). The fourth-order valence-electron chi connectivity index (χ4n) is 1.46. The Morgan fingerprint density at radius 3 is 2.55 bits per heavy atom. The van der Waals surface area contributed by atoms with Gasteiger partial charge in [-0.2, -0.15) is 18.4 Å². The summed E-state index contributed by atoms with van der Waals surface area (Å²) in [4.78, 5) is 11.6. The molecule has 0 bridgehead atoms. The van der Waals surface area contributed by atoms with E-state index in [1.165, 1.54) is 12.1 Å². The molecule has 0 radical (unpaired) electrons. The van der Waals surface area contributed by atoms with Crippen LogP contribution in [0.25, 0.3) is 6.08 Å². The predicted molar refractivity (Wildman–Crippen MR) is 68.3 cm³/mol. The van der Waals surface area contributed by atoms with Crippen LogP contribution in [0.1, 0.15) is 25.0 Å². The van der Waals surface area contributed by atoms with E-state index in [4.69, 9.17) is 5.26 Å². The predicted octanol–water partition coefficient (Wildman–Crippen LogP) is 3.14. The molecule has 6 heteroatoms. The van der Waals surface area contributed by atoms with Gasteiger partial charge in [-0.1, -0.05) is 12.1 Å². The number of rotatable bonds is 3. The number of hydrogen-bond acceptors (Lipinski definition) is 2. The number of halogens is 3. The summed E-state index contributed by atoms with van der Waals surface area (Å²) in [5.74, 6) is -0.611. The van der Waals surface area contributed by atoms with Gasteiger partial charge in [0.15, 0.2) is 0 Å². The molecule has 0 fully saturated rings. The topological polar surface area (TPSA) is 52.9 Å². The van der Waals surface area contributed by atoms with Crippen LogP contribution in [0.15, 0.2) is 29.8 Å². The molecule has 0 aliphatic heterocycles. The van der Waals surface area contributed by atoms with E-state index < -0.39 is 17.6 Å². The molecule has 0 spiro atoms. The second-order valence-corrected chi connectivity index (χ2v) is 4.42. The minimum atomic E-state index is -4.46. The molecule has 0 saturated carbocycles. The second kappa shape index (κ2) is 6.24. The third-order valence-electron chi connectivity index (χ3n) is 2.31. The zero-order chi connectivity index (χ0) is 15.3. The maximum Gasteiger partial charge on any atom is 0.416 e. The maximum atomic E-state index is 12.6. The van der Waals surface area contributed by atoms with Crippen LogP contribution in [0.3, 0.4) is 0 Å². The lowest BCUT2D eigenvalue weighted by molar-refractivity contribution is -0.137. The number of benzene rings is 1. The number of amides is 1. The molecule has 0 heterocycles. The van der Waals surface area contributed by atoms with Gasteiger partial charge in [0.1, 0.15) is 11.6 Å². The molecule has 106 valence electrons. The maximum absolute atomic E-state index is 12.6. The third-order valence-corrected chi connectivity index (χ3v) is 2.31. The molecule has 0 aliphatic carbocycles. The fourth-order valence-corrected chi connectivity index (χ4v) is 1.46. The molecular weight excluding hydrogens is 269 g/mol. The van der Waals surface area contributed by atoms with Gasteiger partial charge in [0.2, 0.25) is 0 Å². The molecule has 20 heavy (non-hydrogen) atoms. The van der Waals surface area contributed by atoms with Crippen LogP contribution < -0.4 is 5.32 Å². The highest BCUT2D eigenvalue weighted by Crippen LogP contribution is 2.29. The van der Waals surface area contributed by atoms with Crippen LogP contribution in [-0.2, 0) is 11.0 Å². The number of alkyl halides is 3. The van der Waals surface area contributed by atoms with E-state index >= 15 is 0 Å². The Bertz CT molecular complexity index is 569. The van der Waals surface area contributed by atoms with Crippen molar-refractivity contribution in [3.63, 3.8) is 0 Å². The summed E-state index contributed by atoms with van der Waals surface area (Å²) in [6.45, 7) is 3.44. The van der Waals surface area contributed by atoms with Crippen LogP contribution in [0, 0.1) is 11.3 Å². The van der Waals surface area contributed by atoms with Crippen molar-refractivity contribution in [2.24, 2.45) is 0 Å². The Morgan fingerprint density at radius 2 is 2.05 bits per heavy atom. The number of hydrogen-bond donors (Lipinski definition) is 1. The molecule has 1 aromatic carbocycles. The Labute approximate surface area is 114 Å². The van der Waals surface area contributed by atoms with Crippen LogP contribution in [0.4, 0.5) is 13.2 Å². The number of carbonyl (C=O) groups excluding carboxylic acids is 1. The first-order valence-electron chi connectivity index (χ1n) is 5.84. The molecule has 0 atom stereocenters. The first-order chi connectivity index (χ1) is 9.24. The molecule has 1 amide bonds. The average Bonchev–Trinajstić information content (AvgIpc) is 2.34. The van der Waals surface area contributed by atoms with Gasteiger partial charge in [0.05, 0.1) is 5.56 Å². The van der Waals surface area contributed by atoms with Gasteiger partial charge in [-0.05, 0) is 37.6 Å². The van der Waals surface area contributed by atoms with Gasteiger partial charge in [0.25, 0.3) is 5.91 Å². The highest BCUT2D eigenvalue weighted by atomic mass is 19.4. The van der Waals surface area contributed by atoms with Crippen molar-refractivity contribution in [1.29, 1.82) is 5.26 Å². The van der Waals surface area contributed by atoms with Crippen LogP contribution in [0.2, 0.25) is 0 Å². The van der Waals surface area contributed by atoms with Crippen molar-refractivity contribution in [2.45, 2.75) is 26.1 Å². The lowest BCUT2D eigenvalue weighted by atomic mass is 10.1. The zero-order valence-corrected chi connectivity index (χ0v) is 11.0. The Balaban J connectivity index is 3.09. The van der Waals surface area contributed by atoms with E-state index in [0.29, 0.717) is 0 Å². The van der Waals surface area contributed by atoms with Crippen LogP contribution in [0.5, 0.6) is 0 Å². The van der Waals surface area contributed by atoms with E-state index in [1.807, 2.05) is 0 Å². The molecule has 1 N–H and O–H groups in total. The summed E-state index contributed by atoms with van der Waals surface area (Å²) in [6, 6.07) is 5.96. The van der Waals surface area contributed by atoms with Gasteiger partial charge in [-0.25, -0.2) is 0 Å². The van der Waals surface area contributed by atoms with Gasteiger partial charge in [-0.3, -0.25) is 4.79 Å². The number of nitrogens with one attached hydrogen (secondary N) is 1. The highest BCUT2D eigenvalue weighted by molar-refractivity contribution is 6.01. The normalized spacial score (nSPS) is 12.2. The van der Waals surface area contributed by atoms with E-state index in [9.17, 15) is 18.0 Å². The van der Waals surface area contributed by atoms with Gasteiger partial charge >= 0.3 is 6.18 Å². The number of nitriles is 1. The summed E-state index contributed by atoms with van der Waals surface area (Å²) >= 11 is 0. The molecule has 1 rings (SSSR count). The van der Waals surface area contributed by atoms with Crippen LogP contribution in [-0.4, -0.2) is 11.9 Å². The van der Waals surface area contributed by atoms with Gasteiger partial charge in [-0.15, -0.1) is 0 Å². The molecule has 3 nitrogen and oxygen atoms in total. The SMILES string of the molecule is CC(C)NC(=O)C(C#N)=Cc1cccc(C(F)(F)F)c1. The minimum Gasteiger partial charge on any atom is -0.349 e. The summed E-state index contributed by atoms with van der Waals surface area (Å²) < 4.78 is 37.7. The summed E-state index contributed by atoms with van der Waals surface area (Å²) in [5, 5.41) is 11.4. The third kappa shape index (κ3) is 4.43. The lowest BCUT2D eigenvalue weighted by Crippen LogP contribution is -2.30. The summed E-state index contributed by atoms with van der Waals surface area (Å²) in [6.07, 6.45) is -3.33. The summed E-state index contributed by atoms with van der Waals surface area (Å²) in [5.41, 5.74) is -0.916. The molecule has 0 saturated heterocycles. The van der Waals surface area contributed by atoms with Gasteiger partial charge < -0.3 is 5.32 Å². The molecule has 0 aromatic heterocycles. The molecular formula is C14H13F3N2O.